The van der Waals surface area contributed by atoms with E-state index in [2.05, 4.69) is 273 Å². The predicted octanol–water partition coefficient (Wildman–Crippen LogP) is 19.5. The number of thiophene rings is 1. The number of allylic oxidation sites excluding steroid dienone is 4. The molecule has 11 aromatic carbocycles. The Morgan fingerprint density at radius 2 is 1.11 bits per heavy atom. The molecule has 1 nitrogen and oxygen atoms in total. The maximum atomic E-state index is 2.64. The summed E-state index contributed by atoms with van der Waals surface area (Å²) in [5.74, 6) is -0.0612. The molecule has 14 rings (SSSR count). The van der Waals surface area contributed by atoms with Crippen LogP contribution < -0.4 is 4.90 Å². The molecule has 0 radical (unpaired) electrons. The highest BCUT2D eigenvalue weighted by Crippen LogP contribution is 2.59. The third kappa shape index (κ3) is 7.04. The van der Waals surface area contributed by atoms with Crippen LogP contribution in [0, 0.1) is 6.92 Å². The van der Waals surface area contributed by atoms with Crippen molar-refractivity contribution >= 4 is 70.1 Å². The molecule has 2 aliphatic rings. The maximum Gasteiger partial charge on any atom is 0.0718 e. The van der Waals surface area contributed by atoms with Gasteiger partial charge in [-0.15, -0.1) is 11.3 Å². The van der Waals surface area contributed by atoms with Crippen LogP contribution in [0.25, 0.3) is 52.8 Å². The summed E-state index contributed by atoms with van der Waals surface area (Å²) >= 11 is 1.96. The molecular formula is C72H53NS. The molecular weight excluding hydrogens is 911 g/mol. The lowest BCUT2D eigenvalue weighted by atomic mass is 9.64. The van der Waals surface area contributed by atoms with Gasteiger partial charge in [0.15, 0.2) is 0 Å². The third-order valence-electron chi connectivity index (χ3n) is 16.0. The van der Waals surface area contributed by atoms with E-state index in [1.807, 2.05) is 11.3 Å². The highest BCUT2D eigenvalue weighted by Gasteiger charge is 2.48. The Balaban J connectivity index is 1.08. The second-order valence-electron chi connectivity index (χ2n) is 20.2. The maximum absolute atomic E-state index is 2.64. The van der Waals surface area contributed by atoms with E-state index in [4.69, 9.17) is 0 Å². The number of nitrogens with zero attached hydrogens (tertiary/aromatic N) is 1. The van der Waals surface area contributed by atoms with Crippen molar-refractivity contribution in [1.82, 2.24) is 0 Å². The Morgan fingerprint density at radius 3 is 1.85 bits per heavy atom. The molecule has 0 amide bonds. The van der Waals surface area contributed by atoms with Crippen molar-refractivity contribution in [2.75, 3.05) is 4.90 Å². The van der Waals surface area contributed by atoms with E-state index in [1.54, 1.807) is 0 Å². The smallest absolute Gasteiger partial charge is 0.0718 e. The Bertz CT molecular complexity index is 4140. The van der Waals surface area contributed by atoms with Gasteiger partial charge in [0.25, 0.3) is 0 Å². The largest absolute Gasteiger partial charge is 0.310 e. The van der Waals surface area contributed by atoms with Crippen molar-refractivity contribution in [3.05, 3.63) is 317 Å². The van der Waals surface area contributed by atoms with Gasteiger partial charge in [0.05, 0.1) is 11.1 Å². The summed E-state index contributed by atoms with van der Waals surface area (Å²) in [6, 6.07) is 91.2. The van der Waals surface area contributed by atoms with E-state index in [1.165, 1.54) is 114 Å². The topological polar surface area (TPSA) is 3.24 Å². The standard InChI is InChI=1S/C72H53NS/c1-48-24-14-21-39-63(48)72(64-40-22-16-30-52(64)44-49-25-6-2-7-26-49)65-41-23-20-36-57(65)58-43-42-53(46-66(58)72)68(50-27-8-3-9-28-50)61-45-51-29-15-17-35-56(51)71-69(61)62-47-67(59-37-18-19-38-60(59)70(62)74-71)73(54-31-10-4-11-32-54)55-33-12-5-13-34-55/h2,4-8,10-43,45-47,68H,3,9,44H2,1H3. The molecule has 0 aliphatic heterocycles. The zero-order valence-corrected chi connectivity index (χ0v) is 42.2. The van der Waals surface area contributed by atoms with Crippen LogP contribution in [0.5, 0.6) is 0 Å². The van der Waals surface area contributed by atoms with E-state index >= 15 is 0 Å². The fraction of sp³-hybridized carbons (Fsp3) is 0.0833. The highest BCUT2D eigenvalue weighted by atomic mass is 32.1. The average Bonchev–Trinajstić information content (AvgIpc) is 4.00. The van der Waals surface area contributed by atoms with E-state index < -0.39 is 5.41 Å². The number of para-hydroxylation sites is 2. The second-order valence-corrected chi connectivity index (χ2v) is 21.2. The molecule has 0 saturated heterocycles. The predicted molar refractivity (Wildman–Crippen MR) is 315 cm³/mol. The normalized spacial score (nSPS) is 15.3. The molecule has 0 saturated carbocycles. The summed E-state index contributed by atoms with van der Waals surface area (Å²) in [4.78, 5) is 2.45. The van der Waals surface area contributed by atoms with Crippen molar-refractivity contribution in [3.63, 3.8) is 0 Å². The van der Waals surface area contributed by atoms with Crippen LogP contribution in [0.4, 0.5) is 17.1 Å². The molecule has 352 valence electrons. The third-order valence-corrected chi connectivity index (χ3v) is 17.3. The van der Waals surface area contributed by atoms with Gasteiger partial charge in [-0.2, -0.15) is 0 Å². The van der Waals surface area contributed by atoms with Gasteiger partial charge in [0, 0.05) is 48.2 Å². The van der Waals surface area contributed by atoms with Gasteiger partial charge in [-0.3, -0.25) is 0 Å². The molecule has 74 heavy (non-hydrogen) atoms. The van der Waals surface area contributed by atoms with E-state index in [9.17, 15) is 0 Å². The van der Waals surface area contributed by atoms with Gasteiger partial charge >= 0.3 is 0 Å². The minimum Gasteiger partial charge on any atom is -0.310 e. The SMILES string of the molecule is Cc1ccccc1C1(c2ccccc2Cc2ccccc2)c2ccccc2-c2ccc(C(C3=CCCC=C3)c3cc4ccccc4c4sc5c6ccccc6c(N(c6ccccc6)c6ccccc6)cc5c34)cc21. The Labute approximate surface area is 437 Å². The second kappa shape index (κ2) is 18.2. The molecule has 0 N–H and O–H groups in total. The Morgan fingerprint density at radius 1 is 0.486 bits per heavy atom. The van der Waals surface area contributed by atoms with Crippen LogP contribution in [-0.4, -0.2) is 0 Å². The van der Waals surface area contributed by atoms with E-state index in [0.717, 1.165) is 30.6 Å². The number of fused-ring (bicyclic) bond motifs is 10. The minimum absolute atomic E-state index is 0.0612. The van der Waals surface area contributed by atoms with Gasteiger partial charge in [-0.25, -0.2) is 0 Å². The zero-order chi connectivity index (χ0) is 49.2. The van der Waals surface area contributed by atoms with E-state index in [0.29, 0.717) is 0 Å². The zero-order valence-electron chi connectivity index (χ0n) is 41.4. The van der Waals surface area contributed by atoms with Crippen molar-refractivity contribution < 1.29 is 0 Å². The summed E-state index contributed by atoms with van der Waals surface area (Å²) in [6.45, 7) is 2.31. The van der Waals surface area contributed by atoms with Crippen LogP contribution in [0.15, 0.2) is 266 Å². The first-order valence-electron chi connectivity index (χ1n) is 26.1. The molecule has 2 unspecified atom stereocenters. The lowest BCUT2D eigenvalue weighted by molar-refractivity contribution is 0.746. The quantitative estimate of drug-likeness (QED) is 0.132. The average molecular weight is 964 g/mol. The first-order chi connectivity index (χ1) is 36.6. The molecule has 2 atom stereocenters. The van der Waals surface area contributed by atoms with Gasteiger partial charge in [-0.1, -0.05) is 224 Å². The number of rotatable bonds is 10. The molecule has 0 spiro atoms. The molecule has 12 aromatic rings. The monoisotopic (exact) mass is 963 g/mol. The van der Waals surface area contributed by atoms with Gasteiger partial charge < -0.3 is 4.90 Å². The number of hydrogen-bond acceptors (Lipinski definition) is 2. The minimum atomic E-state index is -0.583. The molecule has 2 aliphatic carbocycles. The van der Waals surface area contributed by atoms with Crippen molar-refractivity contribution in [2.24, 2.45) is 0 Å². The van der Waals surface area contributed by atoms with Gasteiger partial charge in [-0.05, 0) is 140 Å². The van der Waals surface area contributed by atoms with Crippen LogP contribution in [0.3, 0.4) is 0 Å². The van der Waals surface area contributed by atoms with Crippen molar-refractivity contribution in [2.45, 2.75) is 37.5 Å². The lowest BCUT2D eigenvalue weighted by Gasteiger charge is -2.37. The first kappa shape index (κ1) is 44.2. The summed E-state index contributed by atoms with van der Waals surface area (Å²) in [5, 5.41) is 7.70. The first-order valence-corrected chi connectivity index (χ1v) is 27.0. The number of anilines is 3. The van der Waals surface area contributed by atoms with Crippen LogP contribution in [0.2, 0.25) is 0 Å². The summed E-state index contributed by atoms with van der Waals surface area (Å²) < 4.78 is 2.66. The van der Waals surface area contributed by atoms with Crippen LogP contribution >= 0.6 is 11.3 Å². The molecule has 0 fully saturated rings. The van der Waals surface area contributed by atoms with E-state index in [-0.39, 0.29) is 5.92 Å². The number of aryl methyl sites for hydroxylation is 1. The molecule has 0 bridgehead atoms. The van der Waals surface area contributed by atoms with Crippen LogP contribution in [0.1, 0.15) is 68.8 Å². The summed E-state index contributed by atoms with van der Waals surface area (Å²) in [7, 11) is 0. The lowest BCUT2D eigenvalue weighted by Crippen LogP contribution is -2.31. The fourth-order valence-electron chi connectivity index (χ4n) is 12.9. The molecule has 1 aromatic heterocycles. The van der Waals surface area contributed by atoms with Gasteiger partial charge in [0.2, 0.25) is 0 Å². The van der Waals surface area contributed by atoms with Crippen molar-refractivity contribution in [1.29, 1.82) is 0 Å². The molecule has 1 heterocycles. The Kier molecular flexibility index (Phi) is 10.9. The summed E-state index contributed by atoms with van der Waals surface area (Å²) in [5.41, 5.74) is 18.7. The molecule has 2 heteroatoms. The van der Waals surface area contributed by atoms with Gasteiger partial charge in [0.1, 0.15) is 0 Å². The Hall–Kier alpha value is -8.56. The number of benzene rings is 11. The number of hydrogen-bond donors (Lipinski definition) is 0. The summed E-state index contributed by atoms with van der Waals surface area (Å²) in [6.07, 6.45) is 10.3. The van der Waals surface area contributed by atoms with Crippen LogP contribution in [-0.2, 0) is 11.8 Å². The van der Waals surface area contributed by atoms with Crippen molar-refractivity contribution in [3.8, 4) is 11.1 Å². The highest BCUT2D eigenvalue weighted by molar-refractivity contribution is 7.27. The fourth-order valence-corrected chi connectivity index (χ4v) is 14.3.